The van der Waals surface area contributed by atoms with Gasteiger partial charge in [0.2, 0.25) is 0 Å². The van der Waals surface area contributed by atoms with Gasteiger partial charge in [-0.05, 0) is 49.9 Å². The Balaban J connectivity index is 1.38. The fraction of sp³-hybridized carbons (Fsp3) is 0.650. The summed E-state index contributed by atoms with van der Waals surface area (Å²) in [7, 11) is 2.10. The predicted molar refractivity (Wildman–Crippen MR) is 103 cm³/mol. The minimum Gasteiger partial charge on any atom is -0.393 e. The van der Waals surface area contributed by atoms with Crippen LogP contribution in [0.25, 0.3) is 0 Å². The minimum absolute atomic E-state index is 0.134. The number of aromatic nitrogens is 4. The van der Waals surface area contributed by atoms with Crippen molar-refractivity contribution in [3.63, 3.8) is 0 Å². The summed E-state index contributed by atoms with van der Waals surface area (Å²) >= 11 is 0. The molecule has 2 fully saturated rings. The van der Waals surface area contributed by atoms with Crippen LogP contribution in [0.1, 0.15) is 48.8 Å². The molecule has 4 rings (SSSR count). The average Bonchev–Trinajstić information content (AvgIpc) is 3.05. The van der Waals surface area contributed by atoms with Crippen molar-refractivity contribution < 1.29 is 5.11 Å². The van der Waals surface area contributed by atoms with Gasteiger partial charge in [0.05, 0.1) is 12.6 Å². The Morgan fingerprint density at radius 2 is 1.78 bits per heavy atom. The van der Waals surface area contributed by atoms with Gasteiger partial charge in [-0.2, -0.15) is 0 Å². The zero-order chi connectivity index (χ0) is 18.6. The average molecular weight is 371 g/mol. The van der Waals surface area contributed by atoms with Crippen molar-refractivity contribution in [1.82, 2.24) is 29.5 Å². The zero-order valence-electron chi connectivity index (χ0n) is 16.2. The number of rotatable bonds is 5. The Hall–Kier alpha value is -1.83. The summed E-state index contributed by atoms with van der Waals surface area (Å²) in [5, 5.41) is 18.7. The molecule has 2 aliphatic heterocycles. The van der Waals surface area contributed by atoms with Crippen molar-refractivity contribution >= 4 is 0 Å². The molecule has 1 N–H and O–H groups in total. The molecule has 0 bridgehead atoms. The molecule has 0 aromatic carbocycles. The Morgan fingerprint density at radius 1 is 1.00 bits per heavy atom. The third kappa shape index (κ3) is 4.54. The van der Waals surface area contributed by atoms with E-state index in [0.717, 1.165) is 63.8 Å². The van der Waals surface area contributed by atoms with E-state index in [4.69, 9.17) is 0 Å². The van der Waals surface area contributed by atoms with Crippen LogP contribution in [-0.4, -0.2) is 66.9 Å². The molecule has 2 saturated heterocycles. The number of piperidine rings is 2. The predicted octanol–water partition coefficient (Wildman–Crippen LogP) is 1.55. The van der Waals surface area contributed by atoms with Gasteiger partial charge in [0, 0.05) is 51.5 Å². The number of likely N-dealkylation sites (tertiary alicyclic amines) is 2. The quantitative estimate of drug-likeness (QED) is 0.861. The van der Waals surface area contributed by atoms with Crippen molar-refractivity contribution in [2.24, 2.45) is 7.05 Å². The zero-order valence-corrected chi connectivity index (χ0v) is 16.2. The van der Waals surface area contributed by atoms with Gasteiger partial charge in [0.15, 0.2) is 0 Å². The van der Waals surface area contributed by atoms with E-state index < -0.39 is 0 Å². The highest BCUT2D eigenvalue weighted by molar-refractivity contribution is 5.10. The highest BCUT2D eigenvalue weighted by atomic mass is 16.3. The van der Waals surface area contributed by atoms with Crippen molar-refractivity contribution in [3.8, 4) is 0 Å². The summed E-state index contributed by atoms with van der Waals surface area (Å²) in [5.41, 5.74) is 1.32. The van der Waals surface area contributed by atoms with Gasteiger partial charge in [-0.15, -0.1) is 10.2 Å². The maximum Gasteiger partial charge on any atom is 0.146 e. The third-order valence-corrected chi connectivity index (χ3v) is 5.95. The molecule has 27 heavy (non-hydrogen) atoms. The summed E-state index contributed by atoms with van der Waals surface area (Å²) in [4.78, 5) is 9.00. The van der Waals surface area contributed by atoms with Crippen LogP contribution in [0, 0.1) is 0 Å². The van der Waals surface area contributed by atoms with Gasteiger partial charge in [-0.3, -0.25) is 14.8 Å². The van der Waals surface area contributed by atoms with E-state index in [0.29, 0.717) is 5.92 Å². The minimum atomic E-state index is -0.134. The highest BCUT2D eigenvalue weighted by Gasteiger charge is 2.27. The van der Waals surface area contributed by atoms with Crippen LogP contribution in [-0.2, 0) is 20.1 Å². The lowest BCUT2D eigenvalue weighted by Crippen LogP contribution is -2.36. The van der Waals surface area contributed by atoms with E-state index in [1.807, 2.05) is 12.4 Å². The number of aliphatic hydroxyl groups is 1. The first-order chi connectivity index (χ1) is 13.2. The summed E-state index contributed by atoms with van der Waals surface area (Å²) in [5.74, 6) is 2.59. The van der Waals surface area contributed by atoms with Gasteiger partial charge in [0.25, 0.3) is 0 Å². The second-order valence-electron chi connectivity index (χ2n) is 7.97. The third-order valence-electron chi connectivity index (χ3n) is 5.95. The molecule has 0 radical (unpaired) electrons. The number of hydrogen-bond donors (Lipinski definition) is 1. The van der Waals surface area contributed by atoms with Crippen molar-refractivity contribution in [2.45, 2.75) is 50.8 Å². The van der Waals surface area contributed by atoms with Crippen LogP contribution < -0.4 is 0 Å². The van der Waals surface area contributed by atoms with Crippen molar-refractivity contribution in [1.29, 1.82) is 0 Å². The lowest BCUT2D eigenvalue weighted by atomic mass is 9.96. The molecule has 0 saturated carbocycles. The summed E-state index contributed by atoms with van der Waals surface area (Å²) in [6.45, 7) is 5.84. The number of nitrogens with zero attached hydrogens (tertiary/aromatic N) is 6. The SMILES string of the molecule is Cn1c(CN2CCC(O)CC2)nnc1C1CCCN(Cc2ccncc2)C1. The maximum atomic E-state index is 9.68. The molecule has 1 unspecified atom stereocenters. The molecule has 2 aliphatic rings. The molecule has 1 atom stereocenters. The summed E-state index contributed by atoms with van der Waals surface area (Å²) in [6.07, 6.45) is 7.69. The Bertz CT molecular complexity index is 725. The molecule has 4 heterocycles. The van der Waals surface area contributed by atoms with Crippen LogP contribution in [0.15, 0.2) is 24.5 Å². The maximum absolute atomic E-state index is 9.68. The van der Waals surface area contributed by atoms with E-state index in [-0.39, 0.29) is 6.10 Å². The fourth-order valence-electron chi connectivity index (χ4n) is 4.30. The van der Waals surface area contributed by atoms with Gasteiger partial charge in [0.1, 0.15) is 11.6 Å². The molecule has 7 heteroatoms. The van der Waals surface area contributed by atoms with Crippen molar-refractivity contribution in [3.05, 3.63) is 41.7 Å². The lowest BCUT2D eigenvalue weighted by Gasteiger charge is -2.32. The fourth-order valence-corrected chi connectivity index (χ4v) is 4.30. The molecule has 0 amide bonds. The molecule has 0 spiro atoms. The van der Waals surface area contributed by atoms with E-state index in [9.17, 15) is 5.11 Å². The first-order valence-corrected chi connectivity index (χ1v) is 10.1. The monoisotopic (exact) mass is 370 g/mol. The molecular formula is C20H30N6O. The lowest BCUT2D eigenvalue weighted by molar-refractivity contribution is 0.0775. The van der Waals surface area contributed by atoms with Crippen LogP contribution >= 0.6 is 0 Å². The first-order valence-electron chi connectivity index (χ1n) is 10.1. The van der Waals surface area contributed by atoms with Gasteiger partial charge < -0.3 is 9.67 Å². The molecule has 146 valence electrons. The van der Waals surface area contributed by atoms with Crippen LogP contribution in [0.5, 0.6) is 0 Å². The van der Waals surface area contributed by atoms with Crippen LogP contribution in [0.3, 0.4) is 0 Å². The largest absolute Gasteiger partial charge is 0.393 e. The molecular weight excluding hydrogens is 340 g/mol. The normalized spacial score (nSPS) is 23.0. The van der Waals surface area contributed by atoms with Crippen molar-refractivity contribution in [2.75, 3.05) is 26.2 Å². The van der Waals surface area contributed by atoms with E-state index in [1.165, 1.54) is 18.4 Å². The standard InChI is InChI=1S/C20H30N6O/c1-24-19(15-25-11-6-18(27)7-12-25)22-23-20(24)17-3-2-10-26(14-17)13-16-4-8-21-9-5-16/h4-5,8-9,17-18,27H,2-3,6-7,10-15H2,1H3. The van der Waals surface area contributed by atoms with Gasteiger partial charge >= 0.3 is 0 Å². The molecule has 2 aromatic rings. The van der Waals surface area contributed by atoms with Crippen LogP contribution in [0.2, 0.25) is 0 Å². The smallest absolute Gasteiger partial charge is 0.146 e. The Labute approximate surface area is 161 Å². The van der Waals surface area contributed by atoms with Gasteiger partial charge in [-0.25, -0.2) is 0 Å². The highest BCUT2D eigenvalue weighted by Crippen LogP contribution is 2.27. The number of aliphatic hydroxyl groups excluding tert-OH is 1. The first kappa shape index (κ1) is 18.5. The number of pyridine rings is 1. The Kier molecular flexibility index (Phi) is 5.80. The second kappa shape index (κ2) is 8.46. The Morgan fingerprint density at radius 3 is 2.56 bits per heavy atom. The molecule has 7 nitrogen and oxygen atoms in total. The van der Waals surface area contributed by atoms with E-state index in [1.54, 1.807) is 0 Å². The summed E-state index contributed by atoms with van der Waals surface area (Å²) in [6, 6.07) is 4.19. The number of hydrogen-bond acceptors (Lipinski definition) is 6. The second-order valence-corrected chi connectivity index (χ2v) is 7.97. The molecule has 0 aliphatic carbocycles. The van der Waals surface area contributed by atoms with Crippen LogP contribution in [0.4, 0.5) is 0 Å². The summed E-state index contributed by atoms with van der Waals surface area (Å²) < 4.78 is 2.20. The molecule has 2 aromatic heterocycles. The topological polar surface area (TPSA) is 70.3 Å². The van der Waals surface area contributed by atoms with E-state index >= 15 is 0 Å². The van der Waals surface area contributed by atoms with Gasteiger partial charge in [-0.1, -0.05) is 0 Å². The van der Waals surface area contributed by atoms with E-state index in [2.05, 4.69) is 48.7 Å².